The van der Waals surface area contributed by atoms with E-state index >= 15 is 0 Å². The second kappa shape index (κ2) is 11.8. The van der Waals surface area contributed by atoms with Crippen LogP contribution < -0.4 is 10.6 Å². The molecule has 3 aromatic rings. The molecule has 0 radical (unpaired) electrons. The van der Waals surface area contributed by atoms with Crippen molar-refractivity contribution in [2.24, 2.45) is 5.92 Å². The van der Waals surface area contributed by atoms with Gasteiger partial charge in [0.05, 0.1) is 25.3 Å². The number of carbonyl (C=O) groups is 1. The van der Waals surface area contributed by atoms with E-state index < -0.39 is 0 Å². The highest BCUT2D eigenvalue weighted by atomic mass is 16.3. The summed E-state index contributed by atoms with van der Waals surface area (Å²) in [7, 11) is 0. The average molecular weight is 492 g/mol. The van der Waals surface area contributed by atoms with Crippen LogP contribution in [0.4, 0.5) is 5.82 Å². The molecule has 8 nitrogen and oxygen atoms in total. The van der Waals surface area contributed by atoms with Gasteiger partial charge < -0.3 is 25.1 Å². The molecular formula is C28H37N5O3. The molecule has 1 amide bonds. The number of aromatic nitrogens is 2. The van der Waals surface area contributed by atoms with E-state index in [-0.39, 0.29) is 18.6 Å². The number of piperidine rings is 1. The fourth-order valence-corrected chi connectivity index (χ4v) is 5.72. The maximum Gasteiger partial charge on any atom is 0.271 e. The van der Waals surface area contributed by atoms with Gasteiger partial charge in [-0.1, -0.05) is 18.2 Å². The number of amides is 1. The van der Waals surface area contributed by atoms with Gasteiger partial charge in [-0.2, -0.15) is 0 Å². The molecule has 3 heterocycles. The topological polar surface area (TPSA) is 104 Å². The second-order valence-electron chi connectivity index (χ2n) is 10.2. The van der Waals surface area contributed by atoms with Gasteiger partial charge in [-0.3, -0.25) is 4.79 Å². The van der Waals surface area contributed by atoms with Gasteiger partial charge in [0.25, 0.3) is 5.91 Å². The van der Waals surface area contributed by atoms with E-state index in [9.17, 15) is 4.79 Å². The van der Waals surface area contributed by atoms with Gasteiger partial charge in [-0.15, -0.1) is 0 Å². The number of anilines is 1. The average Bonchev–Trinajstić information content (AvgIpc) is 3.36. The quantitative estimate of drug-likeness (QED) is 0.412. The predicted molar refractivity (Wildman–Crippen MR) is 140 cm³/mol. The highest BCUT2D eigenvalue weighted by Gasteiger charge is 2.26. The number of carbonyl (C=O) groups excluding carboxylic acids is 1. The zero-order valence-electron chi connectivity index (χ0n) is 20.9. The molecule has 2 aromatic heterocycles. The first-order valence-electron chi connectivity index (χ1n) is 13.4. The standard InChI is InChI=1S/C28H37N5O3/c34-16-12-29-27-18-30-25(17-31-27)28(35)32-22-7-5-20(6-8-22)9-13-33-14-10-21(11-15-33)24-19-36-26-4-2-1-3-23(24)26/h1-4,17-22,34H,5-16H2,(H,29,31)(H,32,35). The molecule has 1 saturated carbocycles. The van der Waals surface area contributed by atoms with Crippen LogP contribution in [0.25, 0.3) is 11.0 Å². The molecule has 1 saturated heterocycles. The van der Waals surface area contributed by atoms with E-state index in [1.165, 1.54) is 49.2 Å². The number of para-hydroxylation sites is 1. The molecular weight excluding hydrogens is 454 g/mol. The Kier molecular flexibility index (Phi) is 8.13. The Hall–Kier alpha value is -2.97. The normalized spacial score (nSPS) is 21.5. The lowest BCUT2D eigenvalue weighted by molar-refractivity contribution is 0.0913. The fourth-order valence-electron chi connectivity index (χ4n) is 5.72. The number of furan rings is 1. The third-order valence-electron chi connectivity index (χ3n) is 7.88. The summed E-state index contributed by atoms with van der Waals surface area (Å²) in [6.45, 7) is 3.92. The number of hydrogen-bond acceptors (Lipinski definition) is 7. The van der Waals surface area contributed by atoms with Crippen LogP contribution in [-0.4, -0.2) is 64.7 Å². The molecule has 5 rings (SSSR count). The summed E-state index contributed by atoms with van der Waals surface area (Å²) in [5.74, 6) is 1.74. The van der Waals surface area contributed by atoms with Crippen molar-refractivity contribution < 1.29 is 14.3 Å². The van der Waals surface area contributed by atoms with Gasteiger partial charge in [-0.25, -0.2) is 9.97 Å². The largest absolute Gasteiger partial charge is 0.464 e. The maximum atomic E-state index is 12.5. The van der Waals surface area contributed by atoms with Crippen molar-refractivity contribution in [3.8, 4) is 0 Å². The lowest BCUT2D eigenvalue weighted by Crippen LogP contribution is -2.39. The number of fused-ring (bicyclic) bond motifs is 1. The zero-order valence-corrected chi connectivity index (χ0v) is 20.9. The Morgan fingerprint density at radius 1 is 1.06 bits per heavy atom. The van der Waals surface area contributed by atoms with E-state index in [2.05, 4.69) is 43.7 Å². The van der Waals surface area contributed by atoms with Gasteiger partial charge >= 0.3 is 0 Å². The molecule has 1 aromatic carbocycles. The van der Waals surface area contributed by atoms with Crippen molar-refractivity contribution in [3.05, 3.63) is 54.2 Å². The first kappa shape index (κ1) is 24.7. The van der Waals surface area contributed by atoms with E-state index in [0.29, 0.717) is 24.0 Å². The van der Waals surface area contributed by atoms with Crippen LogP contribution in [0.1, 0.15) is 66.9 Å². The third kappa shape index (κ3) is 6.05. The fraction of sp³-hybridized carbons (Fsp3) is 0.536. The molecule has 8 heteroatoms. The Morgan fingerprint density at radius 3 is 2.61 bits per heavy atom. The number of aliphatic hydroxyl groups is 1. The number of hydrogen-bond donors (Lipinski definition) is 3. The molecule has 192 valence electrons. The van der Waals surface area contributed by atoms with Crippen molar-refractivity contribution in [1.29, 1.82) is 0 Å². The molecule has 0 bridgehead atoms. The molecule has 3 N–H and O–H groups in total. The molecule has 2 fully saturated rings. The molecule has 0 atom stereocenters. The Morgan fingerprint density at radius 2 is 1.86 bits per heavy atom. The van der Waals surface area contributed by atoms with Crippen LogP contribution in [0.3, 0.4) is 0 Å². The number of nitrogens with one attached hydrogen (secondary N) is 2. The monoisotopic (exact) mass is 491 g/mol. The first-order valence-corrected chi connectivity index (χ1v) is 13.4. The SMILES string of the molecule is O=C(NC1CCC(CCN2CCC(c3coc4ccccc34)CC2)CC1)c1cnc(NCCO)cn1. The van der Waals surface area contributed by atoms with E-state index in [1.807, 2.05) is 12.3 Å². The number of likely N-dealkylation sites (tertiary alicyclic amines) is 1. The Labute approximate surface area is 212 Å². The smallest absolute Gasteiger partial charge is 0.271 e. The van der Waals surface area contributed by atoms with Crippen molar-refractivity contribution in [2.45, 2.75) is 56.9 Å². The highest BCUT2D eigenvalue weighted by molar-refractivity contribution is 5.92. The van der Waals surface area contributed by atoms with Crippen LogP contribution >= 0.6 is 0 Å². The van der Waals surface area contributed by atoms with Crippen molar-refractivity contribution >= 4 is 22.7 Å². The highest BCUT2D eigenvalue weighted by Crippen LogP contribution is 2.35. The van der Waals surface area contributed by atoms with Crippen molar-refractivity contribution in [2.75, 3.05) is 38.1 Å². The summed E-state index contributed by atoms with van der Waals surface area (Å²) in [5.41, 5.74) is 2.71. The molecule has 36 heavy (non-hydrogen) atoms. The van der Waals surface area contributed by atoms with E-state index in [1.54, 1.807) is 0 Å². The third-order valence-corrected chi connectivity index (χ3v) is 7.88. The minimum atomic E-state index is -0.159. The lowest BCUT2D eigenvalue weighted by atomic mass is 9.83. The number of aliphatic hydroxyl groups excluding tert-OH is 1. The molecule has 0 spiro atoms. The van der Waals surface area contributed by atoms with E-state index in [4.69, 9.17) is 9.52 Å². The Balaban J connectivity index is 1.00. The maximum absolute atomic E-state index is 12.5. The number of rotatable bonds is 9. The van der Waals surface area contributed by atoms with Gasteiger partial charge in [-0.05, 0) is 82.5 Å². The van der Waals surface area contributed by atoms with Gasteiger partial charge in [0.15, 0.2) is 0 Å². The van der Waals surface area contributed by atoms with Gasteiger partial charge in [0, 0.05) is 23.5 Å². The number of benzene rings is 1. The minimum Gasteiger partial charge on any atom is -0.464 e. The predicted octanol–water partition coefficient (Wildman–Crippen LogP) is 4.19. The summed E-state index contributed by atoms with van der Waals surface area (Å²) in [6.07, 6.45) is 13.0. The summed E-state index contributed by atoms with van der Waals surface area (Å²) in [6, 6.07) is 8.58. The van der Waals surface area contributed by atoms with Crippen molar-refractivity contribution in [3.63, 3.8) is 0 Å². The molecule has 0 unspecified atom stereocenters. The van der Waals surface area contributed by atoms with Crippen LogP contribution in [0.2, 0.25) is 0 Å². The second-order valence-corrected chi connectivity index (χ2v) is 10.2. The summed E-state index contributed by atoms with van der Waals surface area (Å²) in [4.78, 5) is 23.6. The molecule has 2 aliphatic rings. The summed E-state index contributed by atoms with van der Waals surface area (Å²) < 4.78 is 5.77. The van der Waals surface area contributed by atoms with Crippen LogP contribution in [0.5, 0.6) is 0 Å². The molecule has 1 aliphatic heterocycles. The van der Waals surface area contributed by atoms with Crippen LogP contribution in [0, 0.1) is 5.92 Å². The van der Waals surface area contributed by atoms with Gasteiger partial charge in [0.1, 0.15) is 17.1 Å². The van der Waals surface area contributed by atoms with Crippen LogP contribution in [-0.2, 0) is 0 Å². The lowest BCUT2D eigenvalue weighted by Gasteiger charge is -2.34. The summed E-state index contributed by atoms with van der Waals surface area (Å²) >= 11 is 0. The van der Waals surface area contributed by atoms with Gasteiger partial charge in [0.2, 0.25) is 0 Å². The summed E-state index contributed by atoms with van der Waals surface area (Å²) in [5, 5.41) is 16.2. The minimum absolute atomic E-state index is 0.0226. The Bertz CT molecular complexity index is 1120. The van der Waals surface area contributed by atoms with Crippen LogP contribution in [0.15, 0.2) is 47.3 Å². The number of nitrogens with zero attached hydrogens (tertiary/aromatic N) is 3. The van der Waals surface area contributed by atoms with E-state index in [0.717, 1.165) is 50.3 Å². The van der Waals surface area contributed by atoms with Crippen molar-refractivity contribution in [1.82, 2.24) is 20.2 Å². The first-order chi connectivity index (χ1) is 17.7. The zero-order chi connectivity index (χ0) is 24.7. The molecule has 1 aliphatic carbocycles.